The first-order valence-corrected chi connectivity index (χ1v) is 4.97. The molecule has 0 N–H and O–H groups in total. The van der Waals surface area contributed by atoms with Gasteiger partial charge in [-0.1, -0.05) is 13.8 Å². The molecule has 15 heavy (non-hydrogen) atoms. The number of aryl methyl sites for hydroxylation is 2. The van der Waals surface area contributed by atoms with Gasteiger partial charge in [0.05, 0.1) is 0 Å². The van der Waals surface area contributed by atoms with E-state index >= 15 is 0 Å². The number of hydrogen-bond donors (Lipinski definition) is 0. The molecule has 82 valence electrons. The Hall–Kier alpha value is -1.32. The third-order valence-electron chi connectivity index (χ3n) is 2.49. The summed E-state index contributed by atoms with van der Waals surface area (Å²) < 4.78 is 34.3. The van der Waals surface area contributed by atoms with Crippen molar-refractivity contribution in [3.8, 4) is 11.5 Å². The highest BCUT2D eigenvalue weighted by Gasteiger charge is 2.43. The summed E-state index contributed by atoms with van der Waals surface area (Å²) in [5.74, 6) is 0.267. The van der Waals surface area contributed by atoms with Gasteiger partial charge in [-0.25, -0.2) is 0 Å². The molecule has 4 heteroatoms. The molecular weight excluding hydrogens is 202 g/mol. The third kappa shape index (κ3) is 1.76. The second-order valence-electron chi connectivity index (χ2n) is 3.44. The van der Waals surface area contributed by atoms with E-state index < -0.39 is 6.29 Å². The van der Waals surface area contributed by atoms with Gasteiger partial charge in [0.1, 0.15) is 0 Å². The van der Waals surface area contributed by atoms with Crippen LogP contribution >= 0.6 is 0 Å². The molecule has 0 aromatic heterocycles. The minimum absolute atomic E-state index is 0.133. The predicted molar refractivity (Wildman–Crippen MR) is 51.4 cm³/mol. The highest BCUT2D eigenvalue weighted by atomic mass is 19.3. The topological polar surface area (TPSA) is 18.5 Å². The lowest BCUT2D eigenvalue weighted by molar-refractivity contribution is -0.286. The predicted octanol–water partition coefficient (Wildman–Crippen LogP) is 3.13. The first kappa shape index (κ1) is 10.2. The molecule has 0 bridgehead atoms. The largest absolute Gasteiger partial charge is 0.586 e. The van der Waals surface area contributed by atoms with E-state index in [0.717, 1.165) is 24.0 Å². The molecule has 0 saturated carbocycles. The van der Waals surface area contributed by atoms with Gasteiger partial charge in [0.25, 0.3) is 0 Å². The van der Waals surface area contributed by atoms with E-state index in [4.69, 9.17) is 0 Å². The van der Waals surface area contributed by atoms with Crippen molar-refractivity contribution < 1.29 is 18.3 Å². The first-order chi connectivity index (χ1) is 7.05. The number of halogens is 2. The van der Waals surface area contributed by atoms with E-state index in [9.17, 15) is 8.78 Å². The number of ether oxygens (including phenoxy) is 2. The van der Waals surface area contributed by atoms with Gasteiger partial charge in [0.15, 0.2) is 11.5 Å². The zero-order chi connectivity index (χ0) is 11.1. The number of alkyl halides is 2. The van der Waals surface area contributed by atoms with Crippen LogP contribution in [0.25, 0.3) is 0 Å². The van der Waals surface area contributed by atoms with Crippen LogP contribution < -0.4 is 9.47 Å². The van der Waals surface area contributed by atoms with Crippen molar-refractivity contribution in [1.29, 1.82) is 0 Å². The summed E-state index contributed by atoms with van der Waals surface area (Å²) in [7, 11) is 0. The lowest BCUT2D eigenvalue weighted by Crippen LogP contribution is -2.25. The van der Waals surface area contributed by atoms with Gasteiger partial charge in [-0.15, -0.1) is 8.78 Å². The van der Waals surface area contributed by atoms with Crippen LogP contribution in [0.15, 0.2) is 12.1 Å². The lowest BCUT2D eigenvalue weighted by atomic mass is 10.0. The molecule has 0 amide bonds. The van der Waals surface area contributed by atoms with E-state index in [1.165, 1.54) is 0 Å². The summed E-state index contributed by atoms with van der Waals surface area (Å²) in [4.78, 5) is 0. The van der Waals surface area contributed by atoms with Crippen LogP contribution in [0.2, 0.25) is 0 Å². The second kappa shape index (κ2) is 3.36. The molecular formula is C11H12F2O2. The van der Waals surface area contributed by atoms with E-state index in [0.29, 0.717) is 0 Å². The molecule has 0 aliphatic carbocycles. The number of fused-ring (bicyclic) bond motifs is 1. The van der Waals surface area contributed by atoms with Crippen LogP contribution in [-0.2, 0) is 12.8 Å². The normalized spacial score (nSPS) is 16.8. The Morgan fingerprint density at radius 1 is 1.00 bits per heavy atom. The van der Waals surface area contributed by atoms with Gasteiger partial charge in [0.2, 0.25) is 0 Å². The zero-order valence-corrected chi connectivity index (χ0v) is 8.64. The molecule has 2 rings (SSSR count). The first-order valence-electron chi connectivity index (χ1n) is 4.97. The van der Waals surface area contributed by atoms with Gasteiger partial charge in [-0.05, 0) is 36.1 Å². The highest BCUT2D eigenvalue weighted by Crippen LogP contribution is 2.42. The van der Waals surface area contributed by atoms with E-state index in [1.54, 1.807) is 12.1 Å². The quantitative estimate of drug-likeness (QED) is 0.753. The monoisotopic (exact) mass is 214 g/mol. The summed E-state index contributed by atoms with van der Waals surface area (Å²) in [6.45, 7) is 3.96. The zero-order valence-electron chi connectivity index (χ0n) is 8.64. The number of rotatable bonds is 2. The van der Waals surface area contributed by atoms with Crippen molar-refractivity contribution in [3.63, 3.8) is 0 Å². The second-order valence-corrected chi connectivity index (χ2v) is 3.44. The van der Waals surface area contributed by atoms with Crippen LogP contribution in [0.3, 0.4) is 0 Å². The maximum Gasteiger partial charge on any atom is 0.586 e. The Morgan fingerprint density at radius 2 is 1.40 bits per heavy atom. The molecule has 0 atom stereocenters. The fourth-order valence-electron chi connectivity index (χ4n) is 1.74. The van der Waals surface area contributed by atoms with Gasteiger partial charge < -0.3 is 9.47 Å². The van der Waals surface area contributed by atoms with Gasteiger partial charge in [0, 0.05) is 0 Å². The SMILES string of the molecule is CCc1cc2c(cc1CC)OC(F)(F)O2. The molecule has 0 spiro atoms. The molecule has 1 aromatic rings. The molecule has 1 aliphatic rings. The molecule has 0 fully saturated rings. The maximum atomic E-state index is 12.8. The van der Waals surface area contributed by atoms with Gasteiger partial charge >= 0.3 is 6.29 Å². The average molecular weight is 214 g/mol. The average Bonchev–Trinajstić information content (AvgIpc) is 2.48. The molecule has 1 aromatic carbocycles. The summed E-state index contributed by atoms with van der Waals surface area (Å²) >= 11 is 0. The highest BCUT2D eigenvalue weighted by molar-refractivity contribution is 5.49. The van der Waals surface area contributed by atoms with Crippen molar-refractivity contribution in [3.05, 3.63) is 23.3 Å². The Balaban J connectivity index is 2.44. The van der Waals surface area contributed by atoms with Crippen molar-refractivity contribution in [2.24, 2.45) is 0 Å². The van der Waals surface area contributed by atoms with E-state index in [1.807, 2.05) is 13.8 Å². The fourth-order valence-corrected chi connectivity index (χ4v) is 1.74. The number of hydrogen-bond acceptors (Lipinski definition) is 2. The molecule has 0 saturated heterocycles. The van der Waals surface area contributed by atoms with Crippen LogP contribution in [0.5, 0.6) is 11.5 Å². The summed E-state index contributed by atoms with van der Waals surface area (Å²) in [5.41, 5.74) is 2.05. The molecule has 0 unspecified atom stereocenters. The van der Waals surface area contributed by atoms with Crippen LogP contribution in [0.1, 0.15) is 25.0 Å². The van der Waals surface area contributed by atoms with Crippen molar-refractivity contribution in [2.75, 3.05) is 0 Å². The smallest absolute Gasteiger partial charge is 0.395 e. The van der Waals surface area contributed by atoms with Crippen LogP contribution in [0, 0.1) is 0 Å². The minimum atomic E-state index is -3.51. The molecule has 2 nitrogen and oxygen atoms in total. The van der Waals surface area contributed by atoms with Crippen molar-refractivity contribution >= 4 is 0 Å². The summed E-state index contributed by atoms with van der Waals surface area (Å²) in [6, 6.07) is 3.27. The van der Waals surface area contributed by atoms with E-state index in [2.05, 4.69) is 9.47 Å². The third-order valence-corrected chi connectivity index (χ3v) is 2.49. The molecule has 0 radical (unpaired) electrons. The summed E-state index contributed by atoms with van der Waals surface area (Å²) in [5, 5.41) is 0. The minimum Gasteiger partial charge on any atom is -0.395 e. The fraction of sp³-hybridized carbons (Fsp3) is 0.455. The Bertz CT molecular complexity index is 353. The molecule has 1 aliphatic heterocycles. The Kier molecular flexibility index (Phi) is 2.29. The van der Waals surface area contributed by atoms with Gasteiger partial charge in [-0.2, -0.15) is 0 Å². The standard InChI is InChI=1S/C11H12F2O2/c1-3-7-5-9-10(6-8(7)4-2)15-11(12,13)14-9/h5-6H,3-4H2,1-2H3. The van der Waals surface area contributed by atoms with Crippen molar-refractivity contribution in [2.45, 2.75) is 33.0 Å². The summed E-state index contributed by atoms with van der Waals surface area (Å²) in [6.07, 6.45) is -1.92. The van der Waals surface area contributed by atoms with Crippen molar-refractivity contribution in [1.82, 2.24) is 0 Å². The van der Waals surface area contributed by atoms with Crippen LogP contribution in [-0.4, -0.2) is 6.29 Å². The lowest BCUT2D eigenvalue weighted by Gasteiger charge is -2.06. The molecule has 1 heterocycles. The Morgan fingerprint density at radius 3 is 1.73 bits per heavy atom. The van der Waals surface area contributed by atoms with E-state index in [-0.39, 0.29) is 11.5 Å². The Labute approximate surface area is 86.8 Å². The maximum absolute atomic E-state index is 12.8. The number of benzene rings is 1. The van der Waals surface area contributed by atoms with Crippen LogP contribution in [0.4, 0.5) is 8.78 Å². The van der Waals surface area contributed by atoms with Gasteiger partial charge in [-0.3, -0.25) is 0 Å².